The smallest absolute Gasteiger partial charge is 0.230 e. The average Bonchev–Trinajstić information content (AvgIpc) is 3.25. The fourth-order valence-electron chi connectivity index (χ4n) is 2.78. The highest BCUT2D eigenvalue weighted by Gasteiger charge is 2.15. The van der Waals surface area contributed by atoms with Crippen LogP contribution in [0.4, 0.5) is 5.82 Å². The molecule has 0 unspecified atom stereocenters. The first-order chi connectivity index (χ1) is 13.7. The van der Waals surface area contributed by atoms with E-state index in [0.717, 1.165) is 26.2 Å². The Labute approximate surface area is 175 Å². The Kier molecular flexibility index (Phi) is 5.60. The van der Waals surface area contributed by atoms with Crippen molar-refractivity contribution < 1.29 is 4.79 Å². The molecule has 1 N–H and O–H groups in total. The second-order valence-corrected chi connectivity index (χ2v) is 8.01. The van der Waals surface area contributed by atoms with Crippen LogP contribution in [0.2, 0.25) is 0 Å². The van der Waals surface area contributed by atoms with E-state index < -0.39 is 0 Å². The van der Waals surface area contributed by atoms with Gasteiger partial charge in [-0.15, -0.1) is 11.3 Å². The van der Waals surface area contributed by atoms with Crippen LogP contribution >= 0.6 is 27.3 Å². The molecule has 2 heterocycles. The van der Waals surface area contributed by atoms with Crippen LogP contribution in [0.1, 0.15) is 5.56 Å². The predicted molar refractivity (Wildman–Crippen MR) is 117 cm³/mol. The summed E-state index contributed by atoms with van der Waals surface area (Å²) in [5, 5.41) is 4.91. The molecular formula is C22H16BrN3OS. The van der Waals surface area contributed by atoms with Gasteiger partial charge in [0.05, 0.1) is 23.2 Å². The molecule has 0 spiro atoms. The molecule has 0 radical (unpaired) electrons. The first-order valence-electron chi connectivity index (χ1n) is 8.70. The highest BCUT2D eigenvalue weighted by atomic mass is 79.9. The predicted octanol–water partition coefficient (Wildman–Crippen LogP) is 5.82. The van der Waals surface area contributed by atoms with Crippen LogP contribution in [0, 0.1) is 0 Å². The number of carbonyl (C=O) groups is 1. The van der Waals surface area contributed by atoms with E-state index in [1.165, 1.54) is 0 Å². The highest BCUT2D eigenvalue weighted by Crippen LogP contribution is 2.30. The van der Waals surface area contributed by atoms with Crippen molar-refractivity contribution in [2.24, 2.45) is 0 Å². The summed E-state index contributed by atoms with van der Waals surface area (Å²) in [6.07, 6.45) is 1.97. The van der Waals surface area contributed by atoms with Crippen molar-refractivity contribution in [2.45, 2.75) is 6.42 Å². The zero-order chi connectivity index (χ0) is 19.3. The average molecular weight is 450 g/mol. The van der Waals surface area contributed by atoms with Crippen molar-refractivity contribution in [3.63, 3.8) is 0 Å². The molecule has 0 saturated heterocycles. The maximum absolute atomic E-state index is 12.6. The molecule has 2 aromatic carbocycles. The summed E-state index contributed by atoms with van der Waals surface area (Å²) in [7, 11) is 0. The molecule has 0 aliphatic rings. The zero-order valence-electron chi connectivity index (χ0n) is 14.8. The first-order valence-corrected chi connectivity index (χ1v) is 10.4. The lowest BCUT2D eigenvalue weighted by atomic mass is 10.1. The second-order valence-electron chi connectivity index (χ2n) is 6.15. The van der Waals surface area contributed by atoms with Gasteiger partial charge in [0.2, 0.25) is 5.91 Å². The van der Waals surface area contributed by atoms with Gasteiger partial charge in [-0.2, -0.15) is 0 Å². The van der Waals surface area contributed by atoms with Crippen molar-refractivity contribution in [2.75, 3.05) is 5.32 Å². The molecule has 4 aromatic rings. The maximum atomic E-state index is 12.6. The van der Waals surface area contributed by atoms with Gasteiger partial charge in [0, 0.05) is 10.0 Å². The lowest BCUT2D eigenvalue weighted by Crippen LogP contribution is -2.16. The molecule has 4 nitrogen and oxygen atoms in total. The number of thiophene rings is 1. The number of hydrogen-bond donors (Lipinski definition) is 1. The second kappa shape index (κ2) is 8.46. The van der Waals surface area contributed by atoms with Crippen LogP contribution in [0.25, 0.3) is 21.8 Å². The van der Waals surface area contributed by atoms with Crippen LogP contribution in [-0.4, -0.2) is 15.9 Å². The van der Waals surface area contributed by atoms with Gasteiger partial charge in [0.1, 0.15) is 5.69 Å². The van der Waals surface area contributed by atoms with Gasteiger partial charge in [0.15, 0.2) is 5.82 Å². The van der Waals surface area contributed by atoms with Gasteiger partial charge in [-0.1, -0.05) is 64.5 Å². The molecular weight excluding hydrogens is 434 g/mol. The molecule has 4 rings (SSSR count). The van der Waals surface area contributed by atoms with Gasteiger partial charge in [-0.05, 0) is 29.1 Å². The SMILES string of the molecule is O=C(Cc1ccc(Br)cc1)Nc1ncc(-c2ccccc2)nc1-c1cccs1. The highest BCUT2D eigenvalue weighted by molar-refractivity contribution is 9.10. The molecule has 2 aromatic heterocycles. The number of benzene rings is 2. The molecule has 28 heavy (non-hydrogen) atoms. The van der Waals surface area contributed by atoms with Crippen LogP contribution in [0.3, 0.4) is 0 Å². The van der Waals surface area contributed by atoms with Crippen molar-refractivity contribution in [1.82, 2.24) is 9.97 Å². The Morgan fingerprint density at radius 1 is 1.00 bits per heavy atom. The Morgan fingerprint density at radius 2 is 1.79 bits per heavy atom. The van der Waals surface area contributed by atoms with Gasteiger partial charge in [-0.3, -0.25) is 4.79 Å². The third-order valence-corrected chi connectivity index (χ3v) is 5.54. The summed E-state index contributed by atoms with van der Waals surface area (Å²) < 4.78 is 0.985. The van der Waals surface area contributed by atoms with Crippen LogP contribution in [0.5, 0.6) is 0 Å². The van der Waals surface area contributed by atoms with Gasteiger partial charge < -0.3 is 5.32 Å². The third kappa shape index (κ3) is 4.35. The van der Waals surface area contributed by atoms with E-state index in [-0.39, 0.29) is 12.3 Å². The molecule has 0 bridgehead atoms. The van der Waals surface area contributed by atoms with E-state index >= 15 is 0 Å². The number of hydrogen-bond acceptors (Lipinski definition) is 4. The Bertz CT molecular complexity index is 1080. The number of halogens is 1. The number of anilines is 1. The van der Waals surface area contributed by atoms with Gasteiger partial charge >= 0.3 is 0 Å². The lowest BCUT2D eigenvalue weighted by Gasteiger charge is -2.11. The monoisotopic (exact) mass is 449 g/mol. The summed E-state index contributed by atoms with van der Waals surface area (Å²) in [6.45, 7) is 0. The lowest BCUT2D eigenvalue weighted by molar-refractivity contribution is -0.115. The summed E-state index contributed by atoms with van der Waals surface area (Å²) in [5.41, 5.74) is 3.38. The number of aromatic nitrogens is 2. The molecule has 6 heteroatoms. The van der Waals surface area contributed by atoms with E-state index in [2.05, 4.69) is 26.2 Å². The largest absolute Gasteiger partial charge is 0.309 e. The number of nitrogens with one attached hydrogen (secondary N) is 1. The Balaban J connectivity index is 1.62. The number of amides is 1. The van der Waals surface area contributed by atoms with Crippen molar-refractivity contribution in [1.29, 1.82) is 0 Å². The Hall–Kier alpha value is -2.83. The molecule has 0 atom stereocenters. The van der Waals surface area contributed by atoms with Crippen LogP contribution in [-0.2, 0) is 11.2 Å². The van der Waals surface area contributed by atoms with Crippen molar-refractivity contribution >= 4 is 39.0 Å². The van der Waals surface area contributed by atoms with Gasteiger partial charge in [-0.25, -0.2) is 9.97 Å². The molecule has 0 aliphatic carbocycles. The van der Waals surface area contributed by atoms with E-state index in [1.807, 2.05) is 72.1 Å². The first kappa shape index (κ1) is 18.5. The molecule has 0 fully saturated rings. The van der Waals surface area contributed by atoms with Gasteiger partial charge in [0.25, 0.3) is 0 Å². The molecule has 0 aliphatic heterocycles. The minimum absolute atomic E-state index is 0.123. The fourth-order valence-corrected chi connectivity index (χ4v) is 3.76. The van der Waals surface area contributed by atoms with E-state index in [4.69, 9.17) is 4.98 Å². The topological polar surface area (TPSA) is 54.9 Å². The van der Waals surface area contributed by atoms with Crippen molar-refractivity contribution in [3.8, 4) is 21.8 Å². The van der Waals surface area contributed by atoms with E-state index in [1.54, 1.807) is 17.5 Å². The van der Waals surface area contributed by atoms with E-state index in [0.29, 0.717) is 11.5 Å². The number of rotatable bonds is 5. The number of carbonyl (C=O) groups excluding carboxylic acids is 1. The zero-order valence-corrected chi connectivity index (χ0v) is 17.2. The molecule has 0 saturated carbocycles. The summed E-state index contributed by atoms with van der Waals surface area (Å²) in [5.74, 6) is 0.353. The van der Waals surface area contributed by atoms with Crippen LogP contribution < -0.4 is 5.32 Å². The Morgan fingerprint density at radius 3 is 2.50 bits per heavy atom. The normalized spacial score (nSPS) is 10.6. The molecule has 1 amide bonds. The van der Waals surface area contributed by atoms with Crippen molar-refractivity contribution in [3.05, 3.63) is 88.3 Å². The fraction of sp³-hybridized carbons (Fsp3) is 0.0455. The number of nitrogens with zero attached hydrogens (tertiary/aromatic N) is 2. The quantitative estimate of drug-likeness (QED) is 0.417. The standard InChI is InChI=1S/C22H16BrN3OS/c23-17-10-8-15(9-11-17)13-20(27)26-22-21(19-7-4-12-28-19)25-18(14-24-22)16-5-2-1-3-6-16/h1-12,14H,13H2,(H,24,26,27). The summed E-state index contributed by atoms with van der Waals surface area (Å²) in [4.78, 5) is 22.8. The van der Waals surface area contributed by atoms with Crippen LogP contribution in [0.15, 0.2) is 82.8 Å². The summed E-state index contributed by atoms with van der Waals surface area (Å²) in [6, 6.07) is 21.5. The maximum Gasteiger partial charge on any atom is 0.230 e. The minimum Gasteiger partial charge on any atom is -0.309 e. The van der Waals surface area contributed by atoms with E-state index in [9.17, 15) is 4.79 Å². The molecule has 138 valence electrons. The minimum atomic E-state index is -0.123. The summed E-state index contributed by atoms with van der Waals surface area (Å²) >= 11 is 4.97. The third-order valence-electron chi connectivity index (χ3n) is 4.13.